The lowest BCUT2D eigenvalue weighted by Gasteiger charge is -2.09. The van der Waals surface area contributed by atoms with Gasteiger partial charge in [0.15, 0.2) is 0 Å². The van der Waals surface area contributed by atoms with Crippen molar-refractivity contribution < 1.29 is 9.47 Å². The maximum atomic E-state index is 5.64. The minimum atomic E-state index is 0.150. The van der Waals surface area contributed by atoms with Crippen LogP contribution in [0.5, 0.6) is 0 Å². The fraction of sp³-hybridized carbons (Fsp3) is 0.769. The van der Waals surface area contributed by atoms with Gasteiger partial charge in [0.25, 0.3) is 0 Å². The predicted octanol–water partition coefficient (Wildman–Crippen LogP) is 1.83. The molecule has 1 rings (SSSR count). The number of rotatable bonds is 12. The Labute approximate surface area is 125 Å². The van der Waals surface area contributed by atoms with E-state index in [1.165, 1.54) is 0 Å². The number of nitrogens with two attached hydrogens (primary N) is 1. The molecule has 120 valence electrons. The molecule has 0 atom stereocenters. The number of ether oxygens (including phenoxy) is 2. The van der Waals surface area contributed by atoms with E-state index in [1.54, 1.807) is 0 Å². The van der Waals surface area contributed by atoms with Crippen LogP contribution in [0.1, 0.15) is 39.5 Å². The molecule has 0 aliphatic carbocycles. The fourth-order valence-corrected chi connectivity index (χ4v) is 1.42. The van der Waals surface area contributed by atoms with Crippen LogP contribution in [0.4, 0.5) is 17.8 Å². The van der Waals surface area contributed by atoms with Crippen molar-refractivity contribution in [3.8, 4) is 0 Å². The molecular formula is C13H26N6O2. The summed E-state index contributed by atoms with van der Waals surface area (Å²) in [7, 11) is 0. The van der Waals surface area contributed by atoms with E-state index in [0.717, 1.165) is 25.7 Å². The van der Waals surface area contributed by atoms with E-state index < -0.39 is 0 Å². The molecule has 8 heteroatoms. The van der Waals surface area contributed by atoms with Gasteiger partial charge >= 0.3 is 0 Å². The average Bonchev–Trinajstić information content (AvgIpc) is 2.46. The highest BCUT2D eigenvalue weighted by atomic mass is 16.5. The van der Waals surface area contributed by atoms with Gasteiger partial charge in [-0.1, -0.05) is 26.7 Å². The van der Waals surface area contributed by atoms with Crippen LogP contribution in [0.3, 0.4) is 0 Å². The van der Waals surface area contributed by atoms with E-state index >= 15 is 0 Å². The van der Waals surface area contributed by atoms with Crippen LogP contribution in [0, 0.1) is 0 Å². The van der Waals surface area contributed by atoms with Crippen molar-refractivity contribution in [1.29, 1.82) is 0 Å². The molecule has 0 aliphatic heterocycles. The maximum Gasteiger partial charge on any atom is 0.231 e. The molecule has 0 saturated heterocycles. The van der Waals surface area contributed by atoms with Gasteiger partial charge in [-0.3, -0.25) is 0 Å². The van der Waals surface area contributed by atoms with Crippen molar-refractivity contribution in [1.82, 2.24) is 15.0 Å². The monoisotopic (exact) mass is 298 g/mol. The minimum Gasteiger partial charge on any atom is -0.368 e. The Bertz CT molecular complexity index is 359. The number of nitrogens with one attached hydrogen (secondary N) is 2. The lowest BCUT2D eigenvalue weighted by atomic mass is 10.4. The zero-order valence-electron chi connectivity index (χ0n) is 12.9. The SMILES string of the molecule is CCCCOCNc1nc(N)nc(NCOCCCC)n1. The van der Waals surface area contributed by atoms with Gasteiger partial charge in [-0.15, -0.1) is 0 Å². The summed E-state index contributed by atoms with van der Waals surface area (Å²) in [6.07, 6.45) is 4.27. The van der Waals surface area contributed by atoms with Gasteiger partial charge in [-0.2, -0.15) is 15.0 Å². The summed E-state index contributed by atoms with van der Waals surface area (Å²) in [5.74, 6) is 0.919. The zero-order chi connectivity index (χ0) is 15.3. The molecule has 4 N–H and O–H groups in total. The van der Waals surface area contributed by atoms with Crippen LogP contribution in [0.25, 0.3) is 0 Å². The number of hydrogen-bond acceptors (Lipinski definition) is 8. The number of nitrogen functional groups attached to an aromatic ring is 1. The lowest BCUT2D eigenvalue weighted by Crippen LogP contribution is -2.15. The second-order valence-electron chi connectivity index (χ2n) is 4.51. The molecule has 0 amide bonds. The van der Waals surface area contributed by atoms with Crippen LogP contribution < -0.4 is 16.4 Å². The topological polar surface area (TPSA) is 107 Å². The summed E-state index contributed by atoms with van der Waals surface area (Å²) < 4.78 is 10.8. The first-order valence-corrected chi connectivity index (χ1v) is 7.41. The van der Waals surface area contributed by atoms with Gasteiger partial charge in [0.1, 0.15) is 13.5 Å². The lowest BCUT2D eigenvalue weighted by molar-refractivity contribution is 0.148. The van der Waals surface area contributed by atoms with Crippen LogP contribution in [0.15, 0.2) is 0 Å². The number of hydrogen-bond donors (Lipinski definition) is 3. The molecule has 0 radical (unpaired) electrons. The van der Waals surface area contributed by atoms with E-state index in [-0.39, 0.29) is 5.95 Å². The smallest absolute Gasteiger partial charge is 0.231 e. The largest absolute Gasteiger partial charge is 0.368 e. The quantitative estimate of drug-likeness (QED) is 0.396. The van der Waals surface area contributed by atoms with Crippen molar-refractivity contribution in [2.75, 3.05) is 43.0 Å². The highest BCUT2D eigenvalue weighted by Gasteiger charge is 2.03. The van der Waals surface area contributed by atoms with Gasteiger partial charge < -0.3 is 25.8 Å². The van der Waals surface area contributed by atoms with Crippen LogP contribution in [-0.2, 0) is 9.47 Å². The van der Waals surface area contributed by atoms with Crippen molar-refractivity contribution in [2.24, 2.45) is 0 Å². The van der Waals surface area contributed by atoms with Crippen molar-refractivity contribution >= 4 is 17.8 Å². The normalized spacial score (nSPS) is 10.6. The highest BCUT2D eigenvalue weighted by molar-refractivity contribution is 5.39. The molecular weight excluding hydrogens is 272 g/mol. The molecule has 0 aromatic carbocycles. The summed E-state index contributed by atoms with van der Waals surface area (Å²) in [6.45, 7) is 6.33. The van der Waals surface area contributed by atoms with E-state index in [2.05, 4.69) is 39.4 Å². The Morgan fingerprint density at radius 3 is 1.76 bits per heavy atom. The van der Waals surface area contributed by atoms with Crippen molar-refractivity contribution in [3.05, 3.63) is 0 Å². The molecule has 0 spiro atoms. The maximum absolute atomic E-state index is 5.64. The van der Waals surface area contributed by atoms with E-state index in [4.69, 9.17) is 15.2 Å². The molecule has 0 saturated carbocycles. The third-order valence-corrected chi connectivity index (χ3v) is 2.60. The molecule has 21 heavy (non-hydrogen) atoms. The van der Waals surface area contributed by atoms with Gasteiger partial charge in [0.2, 0.25) is 17.8 Å². The molecule has 0 bridgehead atoms. The Balaban J connectivity index is 2.32. The molecule has 0 aliphatic rings. The first-order chi connectivity index (χ1) is 10.3. The molecule has 1 aromatic rings. The van der Waals surface area contributed by atoms with Crippen LogP contribution in [-0.4, -0.2) is 41.6 Å². The summed E-state index contributed by atoms with van der Waals surface area (Å²) in [4.78, 5) is 12.2. The molecule has 1 heterocycles. The summed E-state index contributed by atoms with van der Waals surface area (Å²) in [6, 6.07) is 0. The molecule has 8 nitrogen and oxygen atoms in total. The fourth-order valence-electron chi connectivity index (χ4n) is 1.42. The molecule has 0 fully saturated rings. The number of unbranched alkanes of at least 4 members (excludes halogenated alkanes) is 2. The second kappa shape index (κ2) is 11.0. The van der Waals surface area contributed by atoms with Crippen LogP contribution in [0.2, 0.25) is 0 Å². The first-order valence-electron chi connectivity index (χ1n) is 7.41. The van der Waals surface area contributed by atoms with Gasteiger partial charge in [-0.05, 0) is 12.8 Å². The second-order valence-corrected chi connectivity index (χ2v) is 4.51. The Morgan fingerprint density at radius 2 is 1.33 bits per heavy atom. The Morgan fingerprint density at radius 1 is 0.857 bits per heavy atom. The standard InChI is InChI=1S/C13H26N6O2/c1-3-5-7-20-9-15-12-17-11(14)18-13(19-12)16-10-21-8-6-4-2/h3-10H2,1-2H3,(H4,14,15,16,17,18,19). The Hall–Kier alpha value is -1.67. The highest BCUT2D eigenvalue weighted by Crippen LogP contribution is 2.06. The third-order valence-electron chi connectivity index (χ3n) is 2.60. The number of anilines is 3. The molecule has 1 aromatic heterocycles. The molecule has 0 unspecified atom stereocenters. The zero-order valence-corrected chi connectivity index (χ0v) is 12.9. The third kappa shape index (κ3) is 8.26. The van der Waals surface area contributed by atoms with Gasteiger partial charge in [0.05, 0.1) is 0 Å². The minimum absolute atomic E-state index is 0.150. The summed E-state index contributed by atoms with van der Waals surface area (Å²) >= 11 is 0. The van der Waals surface area contributed by atoms with Gasteiger partial charge in [-0.25, -0.2) is 0 Å². The summed E-state index contributed by atoms with van der Waals surface area (Å²) in [5.41, 5.74) is 5.64. The number of aromatic nitrogens is 3. The predicted molar refractivity (Wildman–Crippen MR) is 82.9 cm³/mol. The number of nitrogens with zero attached hydrogens (tertiary/aromatic N) is 3. The van der Waals surface area contributed by atoms with Crippen LogP contribution >= 0.6 is 0 Å². The van der Waals surface area contributed by atoms with Crippen molar-refractivity contribution in [3.63, 3.8) is 0 Å². The van der Waals surface area contributed by atoms with Crippen molar-refractivity contribution in [2.45, 2.75) is 39.5 Å². The average molecular weight is 298 g/mol. The first kappa shape index (κ1) is 17.4. The van der Waals surface area contributed by atoms with Gasteiger partial charge in [0, 0.05) is 13.2 Å². The Kier molecular flexibility index (Phi) is 9.14. The van der Waals surface area contributed by atoms with E-state index in [1.807, 2.05) is 0 Å². The van der Waals surface area contributed by atoms with E-state index in [0.29, 0.717) is 38.6 Å². The summed E-state index contributed by atoms with van der Waals surface area (Å²) in [5, 5.41) is 5.90. The van der Waals surface area contributed by atoms with E-state index in [9.17, 15) is 0 Å².